The van der Waals surface area contributed by atoms with E-state index in [2.05, 4.69) is 26.5 Å². The summed E-state index contributed by atoms with van der Waals surface area (Å²) in [6.07, 6.45) is 4.04. The second-order valence-corrected chi connectivity index (χ2v) is 4.15. The van der Waals surface area contributed by atoms with Gasteiger partial charge in [-0.25, -0.2) is 0 Å². The largest absolute Gasteiger partial charge is 0.176 e. The van der Waals surface area contributed by atoms with Gasteiger partial charge in [-0.1, -0.05) is 13.8 Å². The summed E-state index contributed by atoms with van der Waals surface area (Å²) >= 11 is 4.46. The molecule has 0 radical (unpaired) electrons. The number of hydrogen-bond donors (Lipinski definition) is 1. The van der Waals surface area contributed by atoms with Crippen LogP contribution in [-0.2, 0) is 0 Å². The molecule has 0 bridgehead atoms. The maximum absolute atomic E-state index is 4.46. The second-order valence-electron chi connectivity index (χ2n) is 3.42. The van der Waals surface area contributed by atoms with Crippen LogP contribution in [0.2, 0.25) is 0 Å². The second kappa shape index (κ2) is 2.96. The summed E-state index contributed by atoms with van der Waals surface area (Å²) in [6.45, 7) is 4.69. The third kappa shape index (κ3) is 1.89. The summed E-state index contributed by atoms with van der Waals surface area (Å²) in [5.74, 6) is 1.84. The molecule has 1 fully saturated rings. The molecule has 3 atom stereocenters. The van der Waals surface area contributed by atoms with E-state index in [1.165, 1.54) is 19.3 Å². The van der Waals surface area contributed by atoms with Gasteiger partial charge in [0.1, 0.15) is 0 Å². The van der Waals surface area contributed by atoms with Crippen LogP contribution in [0.5, 0.6) is 0 Å². The van der Waals surface area contributed by atoms with Gasteiger partial charge in [0.05, 0.1) is 0 Å². The van der Waals surface area contributed by atoms with Gasteiger partial charge in [-0.2, -0.15) is 12.6 Å². The number of thiol groups is 1. The first kappa shape index (κ1) is 7.46. The minimum Gasteiger partial charge on any atom is -0.176 e. The average molecular weight is 144 g/mol. The molecule has 1 saturated carbocycles. The molecule has 0 N–H and O–H groups in total. The quantitative estimate of drug-likeness (QED) is 0.497. The Morgan fingerprint density at radius 1 is 1.11 bits per heavy atom. The smallest absolute Gasteiger partial charge is 0.00195 e. The van der Waals surface area contributed by atoms with Crippen LogP contribution in [0.25, 0.3) is 0 Å². The highest BCUT2D eigenvalue weighted by Crippen LogP contribution is 2.31. The van der Waals surface area contributed by atoms with Gasteiger partial charge in [0.2, 0.25) is 0 Å². The summed E-state index contributed by atoms with van der Waals surface area (Å²) in [5.41, 5.74) is 0. The van der Waals surface area contributed by atoms with Gasteiger partial charge < -0.3 is 0 Å². The van der Waals surface area contributed by atoms with Crippen molar-refractivity contribution in [2.24, 2.45) is 11.8 Å². The molecule has 1 aliphatic rings. The first-order valence-corrected chi connectivity index (χ1v) is 4.40. The maximum Gasteiger partial charge on any atom is 0.00195 e. The zero-order valence-corrected chi connectivity index (χ0v) is 7.20. The lowest BCUT2D eigenvalue weighted by atomic mass is 9.81. The third-order valence-corrected chi connectivity index (χ3v) is 3.04. The van der Waals surface area contributed by atoms with Crippen molar-refractivity contribution < 1.29 is 0 Å². The van der Waals surface area contributed by atoms with Crippen LogP contribution in [0, 0.1) is 11.8 Å². The van der Waals surface area contributed by atoms with Gasteiger partial charge in [0, 0.05) is 5.25 Å². The average Bonchev–Trinajstić information content (AvgIpc) is 1.80. The van der Waals surface area contributed by atoms with E-state index in [-0.39, 0.29) is 0 Å². The van der Waals surface area contributed by atoms with Crippen molar-refractivity contribution in [2.45, 2.75) is 38.4 Å². The molecule has 0 aromatic carbocycles. The van der Waals surface area contributed by atoms with Crippen molar-refractivity contribution in [3.05, 3.63) is 0 Å². The molecule has 1 aliphatic carbocycles. The topological polar surface area (TPSA) is 0 Å². The Kier molecular flexibility index (Phi) is 2.45. The molecule has 9 heavy (non-hydrogen) atoms. The highest BCUT2D eigenvalue weighted by molar-refractivity contribution is 7.80. The molecular formula is C8H16S. The van der Waals surface area contributed by atoms with Gasteiger partial charge in [-0.05, 0) is 31.1 Å². The molecule has 0 spiro atoms. The Balaban J connectivity index is 2.35. The van der Waals surface area contributed by atoms with E-state index in [1.54, 1.807) is 0 Å². The van der Waals surface area contributed by atoms with Crippen LogP contribution in [0.4, 0.5) is 0 Å². The van der Waals surface area contributed by atoms with E-state index in [9.17, 15) is 0 Å². The molecular weight excluding hydrogens is 128 g/mol. The van der Waals surface area contributed by atoms with Crippen LogP contribution >= 0.6 is 12.6 Å². The number of hydrogen-bond acceptors (Lipinski definition) is 1. The van der Waals surface area contributed by atoms with E-state index < -0.39 is 0 Å². The molecule has 0 aromatic heterocycles. The van der Waals surface area contributed by atoms with Crippen LogP contribution in [0.1, 0.15) is 33.1 Å². The summed E-state index contributed by atoms with van der Waals surface area (Å²) in [5, 5.41) is 0.691. The van der Waals surface area contributed by atoms with E-state index in [0.717, 1.165) is 11.8 Å². The third-order valence-electron chi connectivity index (χ3n) is 2.57. The highest BCUT2D eigenvalue weighted by Gasteiger charge is 2.21. The Labute approximate surface area is 63.4 Å². The summed E-state index contributed by atoms with van der Waals surface area (Å²) < 4.78 is 0. The zero-order valence-electron chi connectivity index (χ0n) is 6.30. The van der Waals surface area contributed by atoms with E-state index in [0.29, 0.717) is 5.25 Å². The normalized spacial score (nSPS) is 45.0. The molecule has 0 saturated heterocycles. The summed E-state index contributed by atoms with van der Waals surface area (Å²) in [6, 6.07) is 0. The lowest BCUT2D eigenvalue weighted by Crippen LogP contribution is -2.20. The SMILES string of the molecule is CC1CC[C@@H](S)C[C@@H]1C. The van der Waals surface area contributed by atoms with Crippen molar-refractivity contribution >= 4 is 12.6 Å². The van der Waals surface area contributed by atoms with Crippen LogP contribution in [0.15, 0.2) is 0 Å². The molecule has 1 unspecified atom stereocenters. The van der Waals surface area contributed by atoms with Crippen molar-refractivity contribution in [3.8, 4) is 0 Å². The van der Waals surface area contributed by atoms with Crippen LogP contribution < -0.4 is 0 Å². The van der Waals surface area contributed by atoms with E-state index in [1.807, 2.05) is 0 Å². The minimum atomic E-state index is 0.691. The van der Waals surface area contributed by atoms with Gasteiger partial charge in [0.15, 0.2) is 0 Å². The molecule has 0 heterocycles. The van der Waals surface area contributed by atoms with E-state index >= 15 is 0 Å². The zero-order chi connectivity index (χ0) is 6.85. The Morgan fingerprint density at radius 3 is 2.22 bits per heavy atom. The lowest BCUT2D eigenvalue weighted by molar-refractivity contribution is 0.284. The molecule has 0 nitrogen and oxygen atoms in total. The predicted octanol–water partition coefficient (Wildman–Crippen LogP) is 2.74. The highest BCUT2D eigenvalue weighted by atomic mass is 32.1. The van der Waals surface area contributed by atoms with Crippen molar-refractivity contribution in [3.63, 3.8) is 0 Å². The number of rotatable bonds is 0. The Bertz CT molecular complexity index is 90.6. The van der Waals surface area contributed by atoms with Crippen molar-refractivity contribution in [2.75, 3.05) is 0 Å². The molecule has 1 heteroatoms. The molecule has 0 aromatic rings. The molecule has 0 aliphatic heterocycles. The molecule has 0 amide bonds. The van der Waals surface area contributed by atoms with E-state index in [4.69, 9.17) is 0 Å². The fourth-order valence-electron chi connectivity index (χ4n) is 1.52. The predicted molar refractivity (Wildman–Crippen MR) is 45.0 cm³/mol. The van der Waals surface area contributed by atoms with Gasteiger partial charge in [0.25, 0.3) is 0 Å². The standard InChI is InChI=1S/C8H16S/c1-6-3-4-8(9)5-7(6)2/h6-9H,3-5H2,1-2H3/t6?,7-,8+/m0/s1. The maximum atomic E-state index is 4.46. The Morgan fingerprint density at radius 2 is 1.78 bits per heavy atom. The lowest BCUT2D eigenvalue weighted by Gasteiger charge is -2.29. The first-order valence-electron chi connectivity index (χ1n) is 3.88. The van der Waals surface area contributed by atoms with Crippen LogP contribution in [0.3, 0.4) is 0 Å². The Hall–Kier alpha value is 0.350. The van der Waals surface area contributed by atoms with Gasteiger partial charge in [-0.15, -0.1) is 0 Å². The minimum absolute atomic E-state index is 0.691. The van der Waals surface area contributed by atoms with Crippen molar-refractivity contribution in [1.82, 2.24) is 0 Å². The summed E-state index contributed by atoms with van der Waals surface area (Å²) in [7, 11) is 0. The fourth-order valence-corrected chi connectivity index (χ4v) is 2.00. The first-order chi connectivity index (χ1) is 4.20. The van der Waals surface area contributed by atoms with Gasteiger partial charge in [-0.3, -0.25) is 0 Å². The van der Waals surface area contributed by atoms with Gasteiger partial charge >= 0.3 is 0 Å². The van der Waals surface area contributed by atoms with Crippen molar-refractivity contribution in [1.29, 1.82) is 0 Å². The fraction of sp³-hybridized carbons (Fsp3) is 1.00. The monoisotopic (exact) mass is 144 g/mol. The summed E-state index contributed by atoms with van der Waals surface area (Å²) in [4.78, 5) is 0. The van der Waals surface area contributed by atoms with Crippen LogP contribution in [-0.4, -0.2) is 5.25 Å². The molecule has 1 rings (SSSR count). The molecule has 54 valence electrons.